The molecule has 2 unspecified atom stereocenters. The molecule has 2 N–H and O–H groups in total. The summed E-state index contributed by atoms with van der Waals surface area (Å²) in [6, 6.07) is 8.05. The Balaban J connectivity index is 2.01. The van der Waals surface area contributed by atoms with E-state index >= 15 is 0 Å². The first kappa shape index (κ1) is 15.2. The number of carbonyl (C=O) groups excluding carboxylic acids is 1. The standard InChI is InChI=1S/C16H24N2OS/c1-3-17-15-10-5-4-9-14(15)16(19)18-12-7-6-8-13(11-12)20-2/h4-5,9-10,12-13,17H,3,6-8,11H2,1-2H3,(H,18,19). The number of nitrogens with one attached hydrogen (secondary N) is 2. The number of amides is 1. The van der Waals surface area contributed by atoms with E-state index < -0.39 is 0 Å². The Hall–Kier alpha value is -1.16. The third kappa shape index (κ3) is 3.92. The fourth-order valence-corrected chi connectivity index (χ4v) is 3.61. The summed E-state index contributed by atoms with van der Waals surface area (Å²) in [5, 5.41) is 7.15. The number of rotatable bonds is 5. The van der Waals surface area contributed by atoms with Crippen LogP contribution in [0.3, 0.4) is 0 Å². The third-order valence-corrected chi connectivity index (χ3v) is 4.93. The van der Waals surface area contributed by atoms with Crippen molar-refractivity contribution in [2.45, 2.75) is 43.9 Å². The molecule has 1 aliphatic carbocycles. The van der Waals surface area contributed by atoms with Gasteiger partial charge in [0.2, 0.25) is 0 Å². The lowest BCUT2D eigenvalue weighted by Crippen LogP contribution is -2.39. The summed E-state index contributed by atoms with van der Waals surface area (Å²) in [7, 11) is 0. The van der Waals surface area contributed by atoms with Crippen molar-refractivity contribution in [2.24, 2.45) is 0 Å². The fraction of sp³-hybridized carbons (Fsp3) is 0.562. The summed E-state index contributed by atoms with van der Waals surface area (Å²) in [4.78, 5) is 12.4. The summed E-state index contributed by atoms with van der Waals surface area (Å²) in [5.74, 6) is 0.0494. The normalized spacial score (nSPS) is 22.3. The van der Waals surface area contributed by atoms with Crippen LogP contribution in [-0.2, 0) is 0 Å². The van der Waals surface area contributed by atoms with Gasteiger partial charge >= 0.3 is 0 Å². The molecular formula is C16H24N2OS. The Morgan fingerprint density at radius 2 is 2.15 bits per heavy atom. The zero-order chi connectivity index (χ0) is 14.4. The smallest absolute Gasteiger partial charge is 0.253 e. The van der Waals surface area contributed by atoms with Gasteiger partial charge in [0.1, 0.15) is 0 Å². The van der Waals surface area contributed by atoms with Gasteiger partial charge in [0, 0.05) is 23.5 Å². The molecule has 3 nitrogen and oxygen atoms in total. The molecule has 0 spiro atoms. The first-order valence-corrected chi connectivity index (χ1v) is 8.70. The van der Waals surface area contributed by atoms with Gasteiger partial charge in [0.05, 0.1) is 5.56 Å². The quantitative estimate of drug-likeness (QED) is 0.872. The van der Waals surface area contributed by atoms with Crippen molar-refractivity contribution in [3.63, 3.8) is 0 Å². The molecule has 1 aromatic rings. The Kier molecular flexibility index (Phi) is 5.77. The average Bonchev–Trinajstić information content (AvgIpc) is 2.48. The van der Waals surface area contributed by atoms with E-state index in [2.05, 4.69) is 16.9 Å². The summed E-state index contributed by atoms with van der Waals surface area (Å²) in [6.07, 6.45) is 6.85. The molecule has 4 heteroatoms. The lowest BCUT2D eigenvalue weighted by Gasteiger charge is -2.28. The molecule has 1 aromatic carbocycles. The maximum absolute atomic E-state index is 12.4. The van der Waals surface area contributed by atoms with E-state index in [0.717, 1.165) is 30.6 Å². The molecule has 2 atom stereocenters. The van der Waals surface area contributed by atoms with E-state index in [0.29, 0.717) is 11.3 Å². The first-order chi connectivity index (χ1) is 9.74. The Morgan fingerprint density at radius 3 is 2.90 bits per heavy atom. The summed E-state index contributed by atoms with van der Waals surface area (Å²) in [5.41, 5.74) is 1.67. The third-order valence-electron chi connectivity index (χ3n) is 3.83. The molecule has 1 aliphatic rings. The number of benzene rings is 1. The number of anilines is 1. The molecule has 0 bridgehead atoms. The van der Waals surface area contributed by atoms with E-state index in [1.807, 2.05) is 43.0 Å². The van der Waals surface area contributed by atoms with Crippen LogP contribution in [0.5, 0.6) is 0 Å². The highest BCUT2D eigenvalue weighted by Crippen LogP contribution is 2.27. The van der Waals surface area contributed by atoms with E-state index in [1.54, 1.807) is 0 Å². The largest absolute Gasteiger partial charge is 0.385 e. The molecule has 0 aromatic heterocycles. The van der Waals surface area contributed by atoms with Crippen molar-refractivity contribution in [3.8, 4) is 0 Å². The SMILES string of the molecule is CCNc1ccccc1C(=O)NC1CCCC(SC)C1. The monoisotopic (exact) mass is 292 g/mol. The number of carbonyl (C=O) groups is 1. The van der Waals surface area contributed by atoms with Crippen LogP contribution in [0, 0.1) is 0 Å². The molecule has 1 amide bonds. The second kappa shape index (κ2) is 7.58. The van der Waals surface area contributed by atoms with Gasteiger partial charge in [-0.1, -0.05) is 18.6 Å². The van der Waals surface area contributed by atoms with E-state index in [1.165, 1.54) is 12.8 Å². The second-order valence-corrected chi connectivity index (χ2v) is 6.41. The van der Waals surface area contributed by atoms with E-state index in [4.69, 9.17) is 0 Å². The van der Waals surface area contributed by atoms with E-state index in [-0.39, 0.29) is 5.91 Å². The molecule has 0 radical (unpaired) electrons. The van der Waals surface area contributed by atoms with Crippen LogP contribution >= 0.6 is 11.8 Å². The van der Waals surface area contributed by atoms with Crippen molar-refractivity contribution in [1.29, 1.82) is 0 Å². The average molecular weight is 292 g/mol. The fourth-order valence-electron chi connectivity index (χ4n) is 2.78. The molecular weight excluding hydrogens is 268 g/mol. The number of hydrogen-bond acceptors (Lipinski definition) is 3. The van der Waals surface area contributed by atoms with Crippen LogP contribution in [0.2, 0.25) is 0 Å². The molecule has 0 aliphatic heterocycles. The van der Waals surface area contributed by atoms with Gasteiger partial charge in [0.15, 0.2) is 0 Å². The van der Waals surface area contributed by atoms with Gasteiger partial charge in [-0.25, -0.2) is 0 Å². The minimum absolute atomic E-state index is 0.0494. The maximum Gasteiger partial charge on any atom is 0.253 e. The zero-order valence-corrected chi connectivity index (χ0v) is 13.1. The van der Waals surface area contributed by atoms with E-state index in [9.17, 15) is 4.79 Å². The second-order valence-electron chi connectivity index (χ2n) is 5.27. The van der Waals surface area contributed by atoms with Crippen molar-refractivity contribution in [1.82, 2.24) is 5.32 Å². The lowest BCUT2D eigenvalue weighted by molar-refractivity contribution is 0.0929. The minimum atomic E-state index is 0.0494. The topological polar surface area (TPSA) is 41.1 Å². The molecule has 2 rings (SSSR count). The summed E-state index contributed by atoms with van der Waals surface area (Å²) >= 11 is 1.92. The van der Waals surface area contributed by atoms with Crippen LogP contribution in [0.4, 0.5) is 5.69 Å². The maximum atomic E-state index is 12.4. The van der Waals surface area contributed by atoms with Gasteiger partial charge in [0.25, 0.3) is 5.91 Å². The zero-order valence-electron chi connectivity index (χ0n) is 12.3. The van der Waals surface area contributed by atoms with Crippen LogP contribution in [0.15, 0.2) is 24.3 Å². The highest BCUT2D eigenvalue weighted by atomic mass is 32.2. The predicted molar refractivity (Wildman–Crippen MR) is 87.6 cm³/mol. The van der Waals surface area contributed by atoms with Crippen molar-refractivity contribution >= 4 is 23.4 Å². The van der Waals surface area contributed by atoms with Crippen LogP contribution in [0.1, 0.15) is 43.0 Å². The van der Waals surface area contributed by atoms with Crippen LogP contribution < -0.4 is 10.6 Å². The van der Waals surface area contributed by atoms with Crippen LogP contribution in [0.25, 0.3) is 0 Å². The number of para-hydroxylation sites is 1. The van der Waals surface area contributed by atoms with Crippen molar-refractivity contribution in [2.75, 3.05) is 18.1 Å². The summed E-state index contributed by atoms with van der Waals surface area (Å²) in [6.45, 7) is 2.86. The predicted octanol–water partition coefficient (Wildman–Crippen LogP) is 3.52. The van der Waals surface area contributed by atoms with Gasteiger partial charge in [-0.3, -0.25) is 4.79 Å². The lowest BCUT2D eigenvalue weighted by atomic mass is 9.94. The van der Waals surface area contributed by atoms with Crippen molar-refractivity contribution in [3.05, 3.63) is 29.8 Å². The van der Waals surface area contributed by atoms with Gasteiger partial charge in [-0.05, 0) is 44.6 Å². The number of hydrogen-bond donors (Lipinski definition) is 2. The van der Waals surface area contributed by atoms with Crippen LogP contribution in [-0.4, -0.2) is 30.0 Å². The molecule has 1 saturated carbocycles. The minimum Gasteiger partial charge on any atom is -0.385 e. The van der Waals surface area contributed by atoms with Crippen molar-refractivity contribution < 1.29 is 4.79 Å². The molecule has 1 fully saturated rings. The Morgan fingerprint density at radius 1 is 1.35 bits per heavy atom. The van der Waals surface area contributed by atoms with Gasteiger partial charge < -0.3 is 10.6 Å². The van der Waals surface area contributed by atoms with Gasteiger partial charge in [-0.2, -0.15) is 11.8 Å². The number of thioether (sulfide) groups is 1. The summed E-state index contributed by atoms with van der Waals surface area (Å²) < 4.78 is 0. The molecule has 0 saturated heterocycles. The first-order valence-electron chi connectivity index (χ1n) is 7.41. The van der Waals surface area contributed by atoms with Gasteiger partial charge in [-0.15, -0.1) is 0 Å². The molecule has 20 heavy (non-hydrogen) atoms. The molecule has 0 heterocycles. The Bertz CT molecular complexity index is 450. The highest BCUT2D eigenvalue weighted by molar-refractivity contribution is 7.99. The molecule has 110 valence electrons. The Labute approximate surface area is 125 Å². The highest BCUT2D eigenvalue weighted by Gasteiger charge is 2.23.